The molecule has 17 heavy (non-hydrogen) atoms. The van der Waals surface area contributed by atoms with E-state index in [1.807, 2.05) is 6.07 Å². The van der Waals surface area contributed by atoms with Crippen molar-refractivity contribution in [3.05, 3.63) is 35.9 Å². The maximum absolute atomic E-state index is 5.63. The molecule has 0 bridgehead atoms. The predicted octanol–water partition coefficient (Wildman–Crippen LogP) is 3.37. The van der Waals surface area contributed by atoms with Gasteiger partial charge in [0.2, 0.25) is 0 Å². The summed E-state index contributed by atoms with van der Waals surface area (Å²) < 4.78 is 5.63. The van der Waals surface area contributed by atoms with Gasteiger partial charge in [0.05, 0.1) is 6.61 Å². The van der Waals surface area contributed by atoms with Crippen LogP contribution in [0.25, 0.3) is 0 Å². The standard InChI is InChI=1S/C15H25NO/c1-3-14(2)16-11-7-8-12-17-13-15-9-5-4-6-10-15/h4-6,9-10,14,16H,3,7-8,11-13H2,1-2H3. The zero-order chi connectivity index (χ0) is 12.3. The molecule has 1 aromatic carbocycles. The minimum absolute atomic E-state index is 0.639. The highest BCUT2D eigenvalue weighted by Crippen LogP contribution is 2.01. The van der Waals surface area contributed by atoms with E-state index >= 15 is 0 Å². The Morgan fingerprint density at radius 3 is 2.65 bits per heavy atom. The van der Waals surface area contributed by atoms with Crippen molar-refractivity contribution in [3.63, 3.8) is 0 Å². The lowest BCUT2D eigenvalue weighted by Crippen LogP contribution is -2.26. The maximum Gasteiger partial charge on any atom is 0.0716 e. The van der Waals surface area contributed by atoms with Crippen LogP contribution in [0.3, 0.4) is 0 Å². The summed E-state index contributed by atoms with van der Waals surface area (Å²) >= 11 is 0. The molecule has 0 amide bonds. The summed E-state index contributed by atoms with van der Waals surface area (Å²) in [5.41, 5.74) is 1.25. The van der Waals surface area contributed by atoms with Gasteiger partial charge in [0.1, 0.15) is 0 Å². The molecule has 1 unspecified atom stereocenters. The van der Waals surface area contributed by atoms with Crippen molar-refractivity contribution in [1.29, 1.82) is 0 Å². The highest BCUT2D eigenvalue weighted by atomic mass is 16.5. The van der Waals surface area contributed by atoms with Crippen LogP contribution in [0.15, 0.2) is 30.3 Å². The van der Waals surface area contributed by atoms with Crippen LogP contribution < -0.4 is 5.32 Å². The fourth-order valence-corrected chi connectivity index (χ4v) is 1.59. The van der Waals surface area contributed by atoms with Gasteiger partial charge < -0.3 is 10.1 Å². The summed E-state index contributed by atoms with van der Waals surface area (Å²) in [6, 6.07) is 11.0. The number of nitrogens with one attached hydrogen (secondary N) is 1. The first-order valence-corrected chi connectivity index (χ1v) is 6.68. The number of unbranched alkanes of at least 4 members (excludes halogenated alkanes) is 1. The van der Waals surface area contributed by atoms with Gasteiger partial charge in [-0.1, -0.05) is 37.3 Å². The molecule has 0 aliphatic heterocycles. The van der Waals surface area contributed by atoms with E-state index in [9.17, 15) is 0 Å². The Labute approximate surface area is 105 Å². The second-order valence-corrected chi connectivity index (χ2v) is 4.51. The molecule has 0 aliphatic rings. The zero-order valence-corrected chi connectivity index (χ0v) is 11.1. The van der Waals surface area contributed by atoms with Gasteiger partial charge in [-0.3, -0.25) is 0 Å². The monoisotopic (exact) mass is 235 g/mol. The van der Waals surface area contributed by atoms with Gasteiger partial charge in [0.25, 0.3) is 0 Å². The molecule has 1 N–H and O–H groups in total. The van der Waals surface area contributed by atoms with Crippen LogP contribution in [0.1, 0.15) is 38.7 Å². The van der Waals surface area contributed by atoms with Crippen LogP contribution in [-0.4, -0.2) is 19.2 Å². The Bertz CT molecular complexity index is 274. The first-order valence-electron chi connectivity index (χ1n) is 6.68. The van der Waals surface area contributed by atoms with Crippen LogP contribution in [0, 0.1) is 0 Å². The lowest BCUT2D eigenvalue weighted by Gasteiger charge is -2.10. The van der Waals surface area contributed by atoms with Crippen LogP contribution in [-0.2, 0) is 11.3 Å². The number of ether oxygens (including phenoxy) is 1. The van der Waals surface area contributed by atoms with Crippen molar-refractivity contribution < 1.29 is 4.74 Å². The highest BCUT2D eigenvalue weighted by Gasteiger charge is 1.96. The van der Waals surface area contributed by atoms with Gasteiger partial charge in [-0.2, -0.15) is 0 Å². The number of hydrogen-bond donors (Lipinski definition) is 1. The number of hydrogen-bond acceptors (Lipinski definition) is 2. The third-order valence-electron chi connectivity index (χ3n) is 2.93. The fraction of sp³-hybridized carbons (Fsp3) is 0.600. The molecule has 96 valence electrons. The smallest absolute Gasteiger partial charge is 0.0716 e. The summed E-state index contributed by atoms with van der Waals surface area (Å²) in [4.78, 5) is 0. The number of benzene rings is 1. The van der Waals surface area contributed by atoms with Crippen molar-refractivity contribution in [2.75, 3.05) is 13.2 Å². The van der Waals surface area contributed by atoms with Gasteiger partial charge in [-0.25, -0.2) is 0 Å². The Balaban J connectivity index is 1.91. The summed E-state index contributed by atoms with van der Waals surface area (Å²) in [6.07, 6.45) is 3.53. The molecule has 1 rings (SSSR count). The van der Waals surface area contributed by atoms with E-state index in [0.717, 1.165) is 26.2 Å². The predicted molar refractivity (Wildman–Crippen MR) is 73.1 cm³/mol. The van der Waals surface area contributed by atoms with Gasteiger partial charge in [0, 0.05) is 12.6 Å². The molecule has 2 heteroatoms. The Kier molecular flexibility index (Phi) is 7.69. The zero-order valence-electron chi connectivity index (χ0n) is 11.1. The highest BCUT2D eigenvalue weighted by molar-refractivity contribution is 5.13. The summed E-state index contributed by atoms with van der Waals surface area (Å²) in [6.45, 7) is 7.13. The molecule has 0 aromatic heterocycles. The average molecular weight is 235 g/mol. The molecule has 1 atom stereocenters. The van der Waals surface area contributed by atoms with Crippen molar-refractivity contribution in [3.8, 4) is 0 Å². The summed E-state index contributed by atoms with van der Waals surface area (Å²) in [7, 11) is 0. The lowest BCUT2D eigenvalue weighted by atomic mass is 10.2. The van der Waals surface area contributed by atoms with E-state index in [-0.39, 0.29) is 0 Å². The summed E-state index contributed by atoms with van der Waals surface area (Å²) in [5.74, 6) is 0. The van der Waals surface area contributed by atoms with E-state index in [2.05, 4.69) is 43.4 Å². The topological polar surface area (TPSA) is 21.3 Å². The normalized spacial score (nSPS) is 12.6. The third kappa shape index (κ3) is 7.14. The minimum Gasteiger partial charge on any atom is -0.377 e. The molecule has 2 nitrogen and oxygen atoms in total. The third-order valence-corrected chi connectivity index (χ3v) is 2.93. The van der Waals surface area contributed by atoms with Crippen LogP contribution in [0.4, 0.5) is 0 Å². The Morgan fingerprint density at radius 2 is 1.94 bits per heavy atom. The van der Waals surface area contributed by atoms with Gasteiger partial charge in [-0.05, 0) is 38.3 Å². The van der Waals surface area contributed by atoms with E-state index < -0.39 is 0 Å². The van der Waals surface area contributed by atoms with Gasteiger partial charge >= 0.3 is 0 Å². The maximum atomic E-state index is 5.63. The quantitative estimate of drug-likeness (QED) is 0.663. The van der Waals surface area contributed by atoms with Crippen molar-refractivity contribution in [1.82, 2.24) is 5.32 Å². The largest absolute Gasteiger partial charge is 0.377 e. The van der Waals surface area contributed by atoms with E-state index in [1.54, 1.807) is 0 Å². The first-order chi connectivity index (χ1) is 8.33. The first kappa shape index (κ1) is 14.2. The number of rotatable bonds is 9. The van der Waals surface area contributed by atoms with Crippen molar-refractivity contribution in [2.24, 2.45) is 0 Å². The van der Waals surface area contributed by atoms with Gasteiger partial charge in [-0.15, -0.1) is 0 Å². The Hall–Kier alpha value is -0.860. The molecule has 0 heterocycles. The van der Waals surface area contributed by atoms with E-state index in [1.165, 1.54) is 18.4 Å². The van der Waals surface area contributed by atoms with Crippen LogP contribution in [0.5, 0.6) is 0 Å². The van der Waals surface area contributed by atoms with Gasteiger partial charge in [0.15, 0.2) is 0 Å². The van der Waals surface area contributed by atoms with E-state index in [0.29, 0.717) is 6.04 Å². The lowest BCUT2D eigenvalue weighted by molar-refractivity contribution is 0.117. The molecular weight excluding hydrogens is 210 g/mol. The molecule has 0 fully saturated rings. The molecule has 0 radical (unpaired) electrons. The molecule has 0 saturated carbocycles. The average Bonchev–Trinajstić information content (AvgIpc) is 2.38. The SMILES string of the molecule is CCC(C)NCCCCOCc1ccccc1. The minimum atomic E-state index is 0.639. The molecule has 0 aliphatic carbocycles. The molecule has 0 saturated heterocycles. The van der Waals surface area contributed by atoms with Crippen molar-refractivity contribution >= 4 is 0 Å². The van der Waals surface area contributed by atoms with Crippen molar-refractivity contribution in [2.45, 2.75) is 45.8 Å². The molecule has 1 aromatic rings. The van der Waals surface area contributed by atoms with E-state index in [4.69, 9.17) is 4.74 Å². The molecular formula is C15H25NO. The second kappa shape index (κ2) is 9.20. The van der Waals surface area contributed by atoms with Crippen LogP contribution in [0.2, 0.25) is 0 Å². The molecule has 0 spiro atoms. The second-order valence-electron chi connectivity index (χ2n) is 4.51. The summed E-state index contributed by atoms with van der Waals surface area (Å²) in [5, 5.41) is 3.49. The van der Waals surface area contributed by atoms with Crippen LogP contribution >= 0.6 is 0 Å². The fourth-order valence-electron chi connectivity index (χ4n) is 1.59. The Morgan fingerprint density at radius 1 is 1.18 bits per heavy atom.